The van der Waals surface area contributed by atoms with E-state index in [1.807, 2.05) is 23.1 Å². The predicted octanol–water partition coefficient (Wildman–Crippen LogP) is 1.63. The number of piperazine rings is 1. The molecule has 1 N–H and O–H groups in total. The van der Waals surface area contributed by atoms with Gasteiger partial charge >= 0.3 is 0 Å². The van der Waals surface area contributed by atoms with Crippen LogP contribution in [0.3, 0.4) is 0 Å². The molecule has 7 nitrogen and oxygen atoms in total. The van der Waals surface area contributed by atoms with Gasteiger partial charge < -0.3 is 14.9 Å². The van der Waals surface area contributed by atoms with Crippen LogP contribution in [-0.4, -0.2) is 64.6 Å². The van der Waals surface area contributed by atoms with Crippen molar-refractivity contribution in [1.82, 2.24) is 14.9 Å². The van der Waals surface area contributed by atoms with Gasteiger partial charge in [0.25, 0.3) is 0 Å². The fourth-order valence-corrected chi connectivity index (χ4v) is 4.27. The van der Waals surface area contributed by atoms with Gasteiger partial charge in [-0.3, -0.25) is 9.69 Å². The highest BCUT2D eigenvalue weighted by Gasteiger charge is 2.29. The molecule has 1 amide bonds. The molecule has 0 unspecified atom stereocenters. The van der Waals surface area contributed by atoms with Gasteiger partial charge in [0.05, 0.1) is 6.10 Å². The summed E-state index contributed by atoms with van der Waals surface area (Å²) in [5, 5.41) is 10.8. The molecular formula is C21H27N5O2. The Bertz CT molecular complexity index is 836. The number of β-amino-alcohol motifs (C(OH)–C–C–N with tert-alkyl or cyclic N) is 1. The van der Waals surface area contributed by atoms with Crippen LogP contribution in [0.25, 0.3) is 0 Å². The lowest BCUT2D eigenvalue weighted by atomic mass is 10.0. The van der Waals surface area contributed by atoms with Crippen LogP contribution in [0.2, 0.25) is 0 Å². The lowest BCUT2D eigenvalue weighted by Crippen LogP contribution is -2.48. The first-order chi connectivity index (χ1) is 13.5. The number of hydrogen-bond donors (Lipinski definition) is 1. The Hall–Kier alpha value is -2.51. The van der Waals surface area contributed by atoms with Crippen LogP contribution in [0.1, 0.15) is 31.1 Å². The van der Waals surface area contributed by atoms with Gasteiger partial charge in [-0.25, -0.2) is 9.97 Å². The Balaban J connectivity index is 1.37. The topological polar surface area (TPSA) is 72.8 Å². The third-order valence-electron chi connectivity index (χ3n) is 5.68. The minimum absolute atomic E-state index is 0.0693. The number of aliphatic hydroxyl groups is 1. The average molecular weight is 381 g/mol. The predicted molar refractivity (Wildman–Crippen MR) is 108 cm³/mol. The van der Waals surface area contributed by atoms with E-state index < -0.39 is 6.10 Å². The van der Waals surface area contributed by atoms with Crippen molar-refractivity contribution < 1.29 is 9.90 Å². The smallest absolute Gasteiger partial charge is 0.225 e. The Labute approximate surface area is 165 Å². The number of carbonyl (C=O) groups excluding carboxylic acids is 1. The molecule has 0 spiro atoms. The number of anilines is 2. The zero-order chi connectivity index (χ0) is 19.7. The third-order valence-corrected chi connectivity index (χ3v) is 5.68. The standard InChI is InChI=1S/C21H27N5O2/c1-15-12-18-13-17(4-5-19(18)26(15)16(2)27)20(28)14-24-8-10-25(11-9-24)21-22-6-3-7-23-21/h3-7,13,15,20,28H,8-12,14H2,1-2H3/t15-,20+/m0/s1. The van der Waals surface area contributed by atoms with Crippen molar-refractivity contribution in [2.75, 3.05) is 42.5 Å². The molecule has 28 heavy (non-hydrogen) atoms. The first kappa shape index (κ1) is 18.8. The molecule has 148 valence electrons. The summed E-state index contributed by atoms with van der Waals surface area (Å²) in [6, 6.07) is 7.99. The molecule has 0 bridgehead atoms. The third kappa shape index (κ3) is 3.72. The van der Waals surface area contributed by atoms with E-state index in [2.05, 4.69) is 32.8 Å². The van der Waals surface area contributed by atoms with Crippen LogP contribution in [0.15, 0.2) is 36.7 Å². The number of rotatable bonds is 4. The van der Waals surface area contributed by atoms with Crippen molar-refractivity contribution in [3.05, 3.63) is 47.8 Å². The Morgan fingerprint density at radius 3 is 2.61 bits per heavy atom. The minimum Gasteiger partial charge on any atom is -0.387 e. The van der Waals surface area contributed by atoms with E-state index in [4.69, 9.17) is 0 Å². The number of amides is 1. The van der Waals surface area contributed by atoms with Gasteiger partial charge in [-0.15, -0.1) is 0 Å². The molecule has 0 aliphatic carbocycles. The van der Waals surface area contributed by atoms with Crippen LogP contribution in [0, 0.1) is 0 Å². The van der Waals surface area contributed by atoms with Gasteiger partial charge in [-0.05, 0) is 36.6 Å². The summed E-state index contributed by atoms with van der Waals surface area (Å²) in [5.74, 6) is 0.838. The molecule has 2 aliphatic heterocycles. The Kier molecular flexibility index (Phi) is 5.28. The molecule has 2 aromatic rings. The van der Waals surface area contributed by atoms with Crippen molar-refractivity contribution in [3.8, 4) is 0 Å². The zero-order valence-corrected chi connectivity index (χ0v) is 16.5. The summed E-state index contributed by atoms with van der Waals surface area (Å²) in [5.41, 5.74) is 3.04. The first-order valence-electron chi connectivity index (χ1n) is 9.88. The second kappa shape index (κ2) is 7.85. The van der Waals surface area contributed by atoms with Crippen LogP contribution in [0.5, 0.6) is 0 Å². The van der Waals surface area contributed by atoms with Crippen LogP contribution < -0.4 is 9.80 Å². The number of carbonyl (C=O) groups is 1. The molecule has 0 radical (unpaired) electrons. The van der Waals surface area contributed by atoms with E-state index >= 15 is 0 Å². The highest BCUT2D eigenvalue weighted by atomic mass is 16.3. The van der Waals surface area contributed by atoms with E-state index in [1.54, 1.807) is 19.3 Å². The van der Waals surface area contributed by atoms with Crippen molar-refractivity contribution >= 4 is 17.5 Å². The van der Waals surface area contributed by atoms with Crippen LogP contribution in [-0.2, 0) is 11.2 Å². The molecule has 2 aliphatic rings. The fourth-order valence-electron chi connectivity index (χ4n) is 4.27. The lowest BCUT2D eigenvalue weighted by molar-refractivity contribution is -0.116. The fraction of sp³-hybridized carbons (Fsp3) is 0.476. The van der Waals surface area contributed by atoms with Crippen molar-refractivity contribution in [2.45, 2.75) is 32.4 Å². The van der Waals surface area contributed by atoms with Crippen molar-refractivity contribution in [1.29, 1.82) is 0 Å². The largest absolute Gasteiger partial charge is 0.387 e. The van der Waals surface area contributed by atoms with Gasteiger partial charge in [0, 0.05) is 63.8 Å². The number of benzene rings is 1. The molecule has 7 heteroatoms. The van der Waals surface area contributed by atoms with E-state index in [9.17, 15) is 9.90 Å². The molecule has 1 aromatic heterocycles. The van der Waals surface area contributed by atoms with Crippen LogP contribution >= 0.6 is 0 Å². The first-order valence-corrected chi connectivity index (χ1v) is 9.88. The van der Waals surface area contributed by atoms with Gasteiger partial charge in [-0.2, -0.15) is 0 Å². The monoisotopic (exact) mass is 381 g/mol. The molecule has 3 heterocycles. The molecule has 2 atom stereocenters. The second-order valence-electron chi connectivity index (χ2n) is 7.68. The quantitative estimate of drug-likeness (QED) is 0.868. The Morgan fingerprint density at radius 2 is 1.93 bits per heavy atom. The molecule has 1 saturated heterocycles. The molecule has 1 fully saturated rings. The number of nitrogens with zero attached hydrogens (tertiary/aromatic N) is 5. The lowest BCUT2D eigenvalue weighted by Gasteiger charge is -2.35. The second-order valence-corrected chi connectivity index (χ2v) is 7.68. The van der Waals surface area contributed by atoms with Crippen molar-refractivity contribution in [3.63, 3.8) is 0 Å². The number of fused-ring (bicyclic) bond motifs is 1. The molecular weight excluding hydrogens is 354 g/mol. The number of hydrogen-bond acceptors (Lipinski definition) is 6. The van der Waals surface area contributed by atoms with Gasteiger partial charge in [0.15, 0.2) is 0 Å². The zero-order valence-electron chi connectivity index (χ0n) is 16.5. The minimum atomic E-state index is -0.536. The summed E-state index contributed by atoms with van der Waals surface area (Å²) >= 11 is 0. The SMILES string of the molecule is CC(=O)N1c2ccc([C@H](O)CN3CCN(c4ncccn4)CC3)cc2C[C@@H]1C. The molecule has 0 saturated carbocycles. The van der Waals surface area contributed by atoms with E-state index in [0.717, 1.165) is 55.4 Å². The highest BCUT2D eigenvalue weighted by molar-refractivity contribution is 5.94. The Morgan fingerprint density at radius 1 is 1.21 bits per heavy atom. The number of aromatic nitrogens is 2. The summed E-state index contributed by atoms with van der Waals surface area (Å²) in [6.07, 6.45) is 3.83. The highest BCUT2D eigenvalue weighted by Crippen LogP contribution is 2.34. The van der Waals surface area contributed by atoms with Gasteiger partial charge in [-0.1, -0.05) is 12.1 Å². The summed E-state index contributed by atoms with van der Waals surface area (Å²) in [4.78, 5) is 26.8. The van der Waals surface area contributed by atoms with Crippen LogP contribution in [0.4, 0.5) is 11.6 Å². The maximum absolute atomic E-state index is 11.9. The van der Waals surface area contributed by atoms with Crippen molar-refractivity contribution in [2.24, 2.45) is 0 Å². The van der Waals surface area contributed by atoms with Gasteiger partial charge in [0.1, 0.15) is 0 Å². The summed E-state index contributed by atoms with van der Waals surface area (Å²) < 4.78 is 0. The maximum atomic E-state index is 11.9. The van der Waals surface area contributed by atoms with Gasteiger partial charge in [0.2, 0.25) is 11.9 Å². The van der Waals surface area contributed by atoms with E-state index in [0.29, 0.717) is 6.54 Å². The normalized spacial score (nSPS) is 20.9. The van der Waals surface area contributed by atoms with E-state index in [1.165, 1.54) is 0 Å². The maximum Gasteiger partial charge on any atom is 0.225 e. The number of aliphatic hydroxyl groups excluding tert-OH is 1. The summed E-state index contributed by atoms with van der Waals surface area (Å²) in [7, 11) is 0. The summed E-state index contributed by atoms with van der Waals surface area (Å²) in [6.45, 7) is 7.72. The average Bonchev–Trinajstić information content (AvgIpc) is 3.04. The molecule has 1 aromatic carbocycles. The molecule has 4 rings (SSSR count). The van der Waals surface area contributed by atoms with E-state index in [-0.39, 0.29) is 11.9 Å².